The Labute approximate surface area is 255 Å². The maximum atomic E-state index is 14.3. The van der Waals surface area contributed by atoms with Crippen molar-refractivity contribution < 1.29 is 23.8 Å². The summed E-state index contributed by atoms with van der Waals surface area (Å²) in [5.41, 5.74) is 1.70. The van der Waals surface area contributed by atoms with E-state index in [1.165, 1.54) is 30.5 Å². The lowest BCUT2D eigenvalue weighted by molar-refractivity contribution is -0.142. The van der Waals surface area contributed by atoms with Gasteiger partial charge in [0.2, 0.25) is 11.8 Å². The molecule has 5 rings (SSSR count). The molecule has 1 aliphatic rings. The lowest BCUT2D eigenvalue weighted by atomic mass is 9.92. The minimum atomic E-state index is -1.13. The Kier molecular flexibility index (Phi) is 8.27. The van der Waals surface area contributed by atoms with Gasteiger partial charge in [-0.05, 0) is 57.0 Å². The lowest BCUT2D eigenvalue weighted by Gasteiger charge is -2.31. The monoisotopic (exact) mass is 601 g/mol. The number of carboxylic acid groups (broad SMARTS) is 1. The summed E-state index contributed by atoms with van der Waals surface area (Å²) in [6.45, 7) is 10.2. The molecule has 0 aliphatic carbocycles. The second-order valence-corrected chi connectivity index (χ2v) is 12.1. The number of amides is 2. The highest BCUT2D eigenvalue weighted by atomic mass is 19.1. The van der Waals surface area contributed by atoms with E-state index >= 15 is 0 Å². The SMILES string of the molecule is Cc1ccc(-n2nc(C(C)(C)C)cc2NC(=O)NCc2cc(F)ccc2Oc2ccnc(N3CCC[C@@]3(C)C(=O)O)n2)cc1. The summed E-state index contributed by atoms with van der Waals surface area (Å²) in [4.78, 5) is 35.4. The van der Waals surface area contributed by atoms with Crippen LogP contribution >= 0.6 is 0 Å². The van der Waals surface area contributed by atoms with Crippen molar-refractivity contribution in [3.63, 3.8) is 0 Å². The summed E-state index contributed by atoms with van der Waals surface area (Å²) in [6, 6.07) is 14.6. The average Bonchev–Trinajstić information content (AvgIpc) is 3.58. The summed E-state index contributed by atoms with van der Waals surface area (Å²) in [7, 11) is 0. The smallest absolute Gasteiger partial charge is 0.329 e. The van der Waals surface area contributed by atoms with E-state index in [-0.39, 0.29) is 29.5 Å². The standard InChI is InChI=1S/C32H36FN7O4/c1-20-7-10-23(11-8-20)40-26(18-25(38-40)31(2,3)4)36-30(43)35-19-21-17-22(33)9-12-24(21)44-27-13-15-34-29(37-27)39-16-6-14-32(39,5)28(41)42/h7-13,15,17-18H,6,14,16,19H2,1-5H3,(H,41,42)(H2,35,36,43)/t32-/m0/s1. The summed E-state index contributed by atoms with van der Waals surface area (Å²) in [5, 5.41) is 20.2. The van der Waals surface area contributed by atoms with E-state index in [9.17, 15) is 19.1 Å². The number of aryl methyl sites for hydroxylation is 1. The Hall–Kier alpha value is -5.00. The highest BCUT2D eigenvalue weighted by Gasteiger charge is 2.44. The van der Waals surface area contributed by atoms with Gasteiger partial charge in [-0.3, -0.25) is 5.32 Å². The molecule has 0 radical (unpaired) electrons. The molecule has 0 unspecified atom stereocenters. The number of aromatic nitrogens is 4. The number of carbonyl (C=O) groups excluding carboxylic acids is 1. The third-order valence-corrected chi connectivity index (χ3v) is 7.63. The highest BCUT2D eigenvalue weighted by Crippen LogP contribution is 2.34. The third-order valence-electron chi connectivity index (χ3n) is 7.63. The molecule has 1 saturated heterocycles. The number of urea groups is 1. The van der Waals surface area contributed by atoms with Crippen LogP contribution in [0.5, 0.6) is 11.6 Å². The molecule has 3 N–H and O–H groups in total. The topological polar surface area (TPSA) is 134 Å². The van der Waals surface area contributed by atoms with Gasteiger partial charge in [-0.1, -0.05) is 38.5 Å². The first-order valence-electron chi connectivity index (χ1n) is 14.4. The molecule has 1 atom stereocenters. The molecule has 230 valence electrons. The fourth-order valence-electron chi connectivity index (χ4n) is 4.98. The van der Waals surface area contributed by atoms with Crippen LogP contribution in [-0.2, 0) is 16.8 Å². The Balaban J connectivity index is 1.32. The zero-order valence-corrected chi connectivity index (χ0v) is 25.4. The Morgan fingerprint density at radius 3 is 2.57 bits per heavy atom. The van der Waals surface area contributed by atoms with Gasteiger partial charge in [0.1, 0.15) is 22.9 Å². The van der Waals surface area contributed by atoms with Gasteiger partial charge in [-0.2, -0.15) is 10.1 Å². The number of benzene rings is 2. The Bertz CT molecular complexity index is 1680. The van der Waals surface area contributed by atoms with Crippen molar-refractivity contribution in [3.05, 3.63) is 83.4 Å². The van der Waals surface area contributed by atoms with Gasteiger partial charge < -0.3 is 20.1 Å². The van der Waals surface area contributed by atoms with Crippen molar-refractivity contribution in [2.75, 3.05) is 16.8 Å². The van der Waals surface area contributed by atoms with Gasteiger partial charge in [0.15, 0.2) is 0 Å². The molecule has 0 saturated carbocycles. The van der Waals surface area contributed by atoms with Crippen molar-refractivity contribution in [3.8, 4) is 17.3 Å². The summed E-state index contributed by atoms with van der Waals surface area (Å²) < 4.78 is 22.0. The number of nitrogens with zero attached hydrogens (tertiary/aromatic N) is 5. The van der Waals surface area contributed by atoms with Gasteiger partial charge in [-0.15, -0.1) is 0 Å². The third kappa shape index (κ3) is 6.48. The number of hydrogen-bond acceptors (Lipinski definition) is 7. The predicted molar refractivity (Wildman–Crippen MR) is 164 cm³/mol. The molecule has 2 aromatic heterocycles. The minimum Gasteiger partial charge on any atom is -0.480 e. The molecule has 1 aliphatic heterocycles. The van der Waals surface area contributed by atoms with Crippen molar-refractivity contribution in [2.24, 2.45) is 0 Å². The van der Waals surface area contributed by atoms with Crippen LogP contribution in [-0.4, -0.2) is 48.9 Å². The minimum absolute atomic E-state index is 0.0507. The van der Waals surface area contributed by atoms with Gasteiger partial charge >= 0.3 is 12.0 Å². The maximum absolute atomic E-state index is 14.3. The molecular formula is C32H36FN7O4. The summed E-state index contributed by atoms with van der Waals surface area (Å²) >= 11 is 0. The van der Waals surface area contributed by atoms with Crippen molar-refractivity contribution in [1.29, 1.82) is 0 Å². The molecule has 44 heavy (non-hydrogen) atoms. The summed E-state index contributed by atoms with van der Waals surface area (Å²) in [6.07, 6.45) is 2.64. The number of anilines is 2. The number of ether oxygens (including phenoxy) is 1. The first-order valence-corrected chi connectivity index (χ1v) is 14.4. The van der Waals surface area contributed by atoms with Crippen molar-refractivity contribution in [2.45, 2.75) is 65.0 Å². The van der Waals surface area contributed by atoms with Crippen LogP contribution in [0.4, 0.5) is 21.0 Å². The zero-order valence-electron chi connectivity index (χ0n) is 25.4. The number of carboxylic acids is 1. The fraction of sp³-hybridized carbons (Fsp3) is 0.344. The van der Waals surface area contributed by atoms with Crippen LogP contribution in [0.2, 0.25) is 0 Å². The first kappa shape index (κ1) is 30.5. The summed E-state index contributed by atoms with van der Waals surface area (Å²) in [5.74, 6) is -0.310. The molecule has 3 heterocycles. The number of rotatable bonds is 8. The number of nitrogens with one attached hydrogen (secondary N) is 2. The quantitative estimate of drug-likeness (QED) is 0.225. The lowest BCUT2D eigenvalue weighted by Crippen LogP contribution is -2.48. The Morgan fingerprint density at radius 2 is 1.86 bits per heavy atom. The highest BCUT2D eigenvalue weighted by molar-refractivity contribution is 5.88. The van der Waals surface area contributed by atoms with Crippen LogP contribution in [0.25, 0.3) is 5.69 Å². The van der Waals surface area contributed by atoms with Gasteiger partial charge in [-0.25, -0.2) is 23.6 Å². The molecular weight excluding hydrogens is 565 g/mol. The average molecular weight is 602 g/mol. The van der Waals surface area contributed by atoms with Crippen LogP contribution in [0.1, 0.15) is 57.4 Å². The second kappa shape index (κ2) is 11.9. The first-order chi connectivity index (χ1) is 20.8. The molecule has 2 aromatic carbocycles. The van der Waals surface area contributed by atoms with E-state index < -0.39 is 23.4 Å². The van der Waals surface area contributed by atoms with E-state index in [1.807, 2.05) is 58.0 Å². The maximum Gasteiger partial charge on any atom is 0.329 e. The Morgan fingerprint density at radius 1 is 1.11 bits per heavy atom. The zero-order chi connectivity index (χ0) is 31.6. The molecule has 4 aromatic rings. The largest absolute Gasteiger partial charge is 0.480 e. The number of aliphatic carboxylic acids is 1. The van der Waals surface area contributed by atoms with Crippen molar-refractivity contribution >= 4 is 23.8 Å². The van der Waals surface area contributed by atoms with E-state index in [0.29, 0.717) is 30.8 Å². The van der Waals surface area contributed by atoms with Gasteiger partial charge in [0.25, 0.3) is 0 Å². The van der Waals surface area contributed by atoms with E-state index in [1.54, 1.807) is 16.5 Å². The van der Waals surface area contributed by atoms with E-state index in [2.05, 4.69) is 20.6 Å². The second-order valence-electron chi connectivity index (χ2n) is 12.1. The van der Waals surface area contributed by atoms with Crippen LogP contribution in [0.3, 0.4) is 0 Å². The van der Waals surface area contributed by atoms with Crippen LogP contribution in [0.15, 0.2) is 60.8 Å². The molecule has 12 heteroatoms. The van der Waals surface area contributed by atoms with Gasteiger partial charge in [0, 0.05) is 42.4 Å². The number of halogens is 1. The van der Waals surface area contributed by atoms with Crippen molar-refractivity contribution in [1.82, 2.24) is 25.1 Å². The molecule has 1 fully saturated rings. The normalized spacial score (nSPS) is 16.5. The molecule has 2 amide bonds. The molecule has 0 spiro atoms. The van der Waals surface area contributed by atoms with Crippen LogP contribution < -0.4 is 20.3 Å². The number of hydrogen-bond donors (Lipinski definition) is 3. The number of carbonyl (C=O) groups is 2. The molecule has 0 bridgehead atoms. The fourth-order valence-corrected chi connectivity index (χ4v) is 4.98. The van der Waals surface area contributed by atoms with Crippen LogP contribution in [0, 0.1) is 12.7 Å². The molecule has 11 nitrogen and oxygen atoms in total. The predicted octanol–water partition coefficient (Wildman–Crippen LogP) is 5.96. The van der Waals surface area contributed by atoms with E-state index in [0.717, 1.165) is 16.9 Å². The van der Waals surface area contributed by atoms with E-state index in [4.69, 9.17) is 9.84 Å². The van der Waals surface area contributed by atoms with Gasteiger partial charge in [0.05, 0.1) is 11.4 Å².